The van der Waals surface area contributed by atoms with Crippen LogP contribution < -0.4 is 9.80 Å². The number of hydrogen-bond donors (Lipinski definition) is 0. The maximum atomic E-state index is 13.4. The van der Waals surface area contributed by atoms with Crippen molar-refractivity contribution in [2.75, 3.05) is 50.1 Å². The Hall–Kier alpha value is -2.61. The summed E-state index contributed by atoms with van der Waals surface area (Å²) in [5.74, 6) is 0.571. The summed E-state index contributed by atoms with van der Waals surface area (Å²) < 4.78 is 39.9. The van der Waals surface area contributed by atoms with E-state index >= 15 is 0 Å². The average Bonchev–Trinajstić information content (AvgIpc) is 2.72. The molecule has 1 aliphatic heterocycles. The van der Waals surface area contributed by atoms with E-state index in [4.69, 9.17) is 0 Å². The molecule has 1 saturated heterocycles. The van der Waals surface area contributed by atoms with E-state index in [0.29, 0.717) is 16.8 Å². The fourth-order valence-corrected chi connectivity index (χ4v) is 4.05. The molecule has 174 valence electrons. The lowest BCUT2D eigenvalue weighted by molar-refractivity contribution is -0.137. The molecule has 1 aromatic heterocycles. The summed E-state index contributed by atoms with van der Waals surface area (Å²) >= 11 is 0. The number of aryl methyl sites for hydroxylation is 2. The van der Waals surface area contributed by atoms with E-state index in [0.717, 1.165) is 49.7 Å². The zero-order chi connectivity index (χ0) is 23.8. The fourth-order valence-electron chi connectivity index (χ4n) is 4.05. The average molecular weight is 449 g/mol. The van der Waals surface area contributed by atoms with Gasteiger partial charge in [-0.2, -0.15) is 13.2 Å². The van der Waals surface area contributed by atoms with E-state index in [9.17, 15) is 18.0 Å². The molecule has 0 saturated carbocycles. The molecule has 0 aliphatic carbocycles. The minimum Gasteiger partial charge on any atom is -0.354 e. The molecule has 0 N–H and O–H groups in total. The number of carbonyl (C=O) groups excluding carboxylic acids is 1. The standard InChI is InChI=1S/C24H31F3N4O/c1-16-11-18(14-19(12-16)24(25,26)27)23(3,4)22(32)30(6)20-15-28-21(13-17(20)2)31-9-7-29(5)8-10-31/h11-15H,7-10H2,1-6H3. The number of anilines is 2. The number of benzene rings is 1. The van der Waals surface area contributed by atoms with Crippen LogP contribution in [0.25, 0.3) is 0 Å². The number of likely N-dealkylation sites (N-methyl/N-ethyl adjacent to an activating group) is 2. The first-order valence-corrected chi connectivity index (χ1v) is 10.7. The van der Waals surface area contributed by atoms with Gasteiger partial charge in [0, 0.05) is 33.2 Å². The van der Waals surface area contributed by atoms with E-state index in [1.165, 1.54) is 4.90 Å². The number of amides is 1. The van der Waals surface area contributed by atoms with Crippen LogP contribution in [0.4, 0.5) is 24.7 Å². The zero-order valence-electron chi connectivity index (χ0n) is 19.5. The molecule has 2 heterocycles. The smallest absolute Gasteiger partial charge is 0.354 e. The molecule has 8 heteroatoms. The Morgan fingerprint density at radius 3 is 2.16 bits per heavy atom. The highest BCUT2D eigenvalue weighted by Gasteiger charge is 2.37. The van der Waals surface area contributed by atoms with Crippen molar-refractivity contribution in [2.45, 2.75) is 39.3 Å². The molecule has 1 amide bonds. The van der Waals surface area contributed by atoms with Gasteiger partial charge in [-0.25, -0.2) is 4.98 Å². The number of aromatic nitrogens is 1. The molecule has 32 heavy (non-hydrogen) atoms. The molecule has 5 nitrogen and oxygen atoms in total. The number of rotatable bonds is 4. The molecule has 0 atom stereocenters. The monoisotopic (exact) mass is 448 g/mol. The van der Waals surface area contributed by atoms with E-state index < -0.39 is 17.2 Å². The lowest BCUT2D eigenvalue weighted by atomic mass is 9.81. The van der Waals surface area contributed by atoms with Gasteiger partial charge in [0.2, 0.25) is 5.91 Å². The van der Waals surface area contributed by atoms with Gasteiger partial charge in [0.1, 0.15) is 5.82 Å². The van der Waals surface area contributed by atoms with Crippen molar-refractivity contribution in [3.63, 3.8) is 0 Å². The summed E-state index contributed by atoms with van der Waals surface area (Å²) in [6.07, 6.45) is -2.79. The predicted octanol–water partition coefficient (Wildman–Crippen LogP) is 4.41. The molecule has 0 radical (unpaired) electrons. The molecule has 1 aliphatic rings. The van der Waals surface area contributed by atoms with Crippen molar-refractivity contribution < 1.29 is 18.0 Å². The van der Waals surface area contributed by atoms with Gasteiger partial charge in [-0.1, -0.05) is 11.6 Å². The maximum Gasteiger partial charge on any atom is 0.416 e. The van der Waals surface area contributed by atoms with Crippen LogP contribution in [-0.4, -0.2) is 56.1 Å². The zero-order valence-corrected chi connectivity index (χ0v) is 19.5. The second-order valence-corrected chi connectivity index (χ2v) is 9.19. The molecule has 0 unspecified atom stereocenters. The molecule has 2 aromatic rings. The van der Waals surface area contributed by atoms with Crippen molar-refractivity contribution in [2.24, 2.45) is 0 Å². The number of pyridine rings is 1. The van der Waals surface area contributed by atoms with Crippen molar-refractivity contribution in [3.05, 3.63) is 52.7 Å². The minimum atomic E-state index is -4.47. The molecule has 1 fully saturated rings. The molecular weight excluding hydrogens is 417 g/mol. The number of alkyl halides is 3. The SMILES string of the molecule is Cc1cc(C(F)(F)F)cc(C(C)(C)C(=O)N(C)c2cnc(N3CCN(C)CC3)cc2C)c1. The van der Waals surface area contributed by atoms with Crippen molar-refractivity contribution in [3.8, 4) is 0 Å². The van der Waals surface area contributed by atoms with Gasteiger partial charge in [-0.15, -0.1) is 0 Å². The number of piperazine rings is 1. The Morgan fingerprint density at radius 2 is 1.59 bits per heavy atom. The van der Waals surface area contributed by atoms with Crippen LogP contribution >= 0.6 is 0 Å². The summed E-state index contributed by atoms with van der Waals surface area (Å²) in [6.45, 7) is 10.5. The van der Waals surface area contributed by atoms with Crippen molar-refractivity contribution >= 4 is 17.4 Å². The normalized spacial score (nSPS) is 15.7. The van der Waals surface area contributed by atoms with E-state index in [2.05, 4.69) is 21.8 Å². The van der Waals surface area contributed by atoms with Gasteiger partial charge >= 0.3 is 6.18 Å². The Balaban J connectivity index is 1.87. The Bertz CT molecular complexity index is 995. The minimum absolute atomic E-state index is 0.298. The van der Waals surface area contributed by atoms with Gasteiger partial charge < -0.3 is 14.7 Å². The number of nitrogens with zero attached hydrogens (tertiary/aromatic N) is 4. The van der Waals surface area contributed by atoms with Gasteiger partial charge in [0.25, 0.3) is 0 Å². The predicted molar refractivity (Wildman–Crippen MR) is 121 cm³/mol. The van der Waals surface area contributed by atoms with Crippen LogP contribution in [0.1, 0.15) is 36.1 Å². The topological polar surface area (TPSA) is 39.7 Å². The lowest BCUT2D eigenvalue weighted by Crippen LogP contribution is -2.45. The third-order valence-corrected chi connectivity index (χ3v) is 6.22. The Morgan fingerprint density at radius 1 is 1.00 bits per heavy atom. The molecule has 3 rings (SSSR count). The van der Waals surface area contributed by atoms with Gasteiger partial charge in [0.15, 0.2) is 0 Å². The summed E-state index contributed by atoms with van der Waals surface area (Å²) in [5, 5.41) is 0. The summed E-state index contributed by atoms with van der Waals surface area (Å²) in [7, 11) is 3.73. The van der Waals surface area contributed by atoms with Crippen molar-refractivity contribution in [1.82, 2.24) is 9.88 Å². The first-order valence-electron chi connectivity index (χ1n) is 10.7. The summed E-state index contributed by atoms with van der Waals surface area (Å²) in [5.41, 5.74) is 0.438. The van der Waals surface area contributed by atoms with Gasteiger partial charge in [-0.05, 0) is 64.1 Å². The van der Waals surface area contributed by atoms with Crippen LogP contribution in [0.2, 0.25) is 0 Å². The van der Waals surface area contributed by atoms with Gasteiger partial charge in [-0.3, -0.25) is 4.79 Å². The van der Waals surface area contributed by atoms with Crippen molar-refractivity contribution in [1.29, 1.82) is 0 Å². The number of carbonyl (C=O) groups is 1. The molecule has 0 spiro atoms. The number of halogens is 3. The Kier molecular flexibility index (Phi) is 6.56. The van der Waals surface area contributed by atoms with Crippen LogP contribution in [-0.2, 0) is 16.4 Å². The molecular formula is C24H31F3N4O. The first kappa shape index (κ1) is 24.0. The summed E-state index contributed by atoms with van der Waals surface area (Å²) in [4.78, 5) is 24.0. The van der Waals surface area contributed by atoms with Crippen LogP contribution in [0.15, 0.2) is 30.5 Å². The maximum absolute atomic E-state index is 13.4. The van der Waals surface area contributed by atoms with E-state index in [1.54, 1.807) is 40.1 Å². The second kappa shape index (κ2) is 8.73. The van der Waals surface area contributed by atoms with Gasteiger partial charge in [0.05, 0.1) is 22.9 Å². The van der Waals surface area contributed by atoms with Crippen LogP contribution in [0, 0.1) is 13.8 Å². The highest BCUT2D eigenvalue weighted by molar-refractivity contribution is 6.00. The van der Waals surface area contributed by atoms with E-state index in [1.807, 2.05) is 13.0 Å². The van der Waals surface area contributed by atoms with Crippen LogP contribution in [0.3, 0.4) is 0 Å². The van der Waals surface area contributed by atoms with E-state index in [-0.39, 0.29) is 5.91 Å². The largest absolute Gasteiger partial charge is 0.416 e. The quantitative estimate of drug-likeness (QED) is 0.695. The summed E-state index contributed by atoms with van der Waals surface area (Å²) in [6, 6.07) is 5.77. The molecule has 1 aromatic carbocycles. The fraction of sp³-hybridized carbons (Fsp3) is 0.500. The Labute approximate surface area is 187 Å². The highest BCUT2D eigenvalue weighted by Crippen LogP contribution is 2.35. The molecule has 0 bridgehead atoms. The second-order valence-electron chi connectivity index (χ2n) is 9.19. The first-order chi connectivity index (χ1) is 14.8. The highest BCUT2D eigenvalue weighted by atomic mass is 19.4. The lowest BCUT2D eigenvalue weighted by Gasteiger charge is -2.34. The third kappa shape index (κ3) is 4.90. The van der Waals surface area contributed by atoms with Crippen LogP contribution in [0.5, 0.6) is 0 Å². The third-order valence-electron chi connectivity index (χ3n) is 6.22. The number of hydrogen-bond acceptors (Lipinski definition) is 4.